The van der Waals surface area contributed by atoms with Gasteiger partial charge in [0, 0.05) is 25.7 Å². The van der Waals surface area contributed by atoms with Crippen LogP contribution in [0.25, 0.3) is 11.5 Å². The molecule has 0 aliphatic carbocycles. The Balaban J connectivity index is 1.66. The van der Waals surface area contributed by atoms with Crippen molar-refractivity contribution in [3.8, 4) is 11.5 Å². The predicted octanol–water partition coefficient (Wildman–Crippen LogP) is 1.52. The summed E-state index contributed by atoms with van der Waals surface area (Å²) < 4.78 is 16.2. The number of morpholine rings is 1. The van der Waals surface area contributed by atoms with Crippen LogP contribution in [0, 0.1) is 0 Å². The molecule has 6 heteroatoms. The van der Waals surface area contributed by atoms with E-state index in [0.29, 0.717) is 24.6 Å². The average Bonchev–Trinajstić information content (AvgIpc) is 3.08. The van der Waals surface area contributed by atoms with Crippen LogP contribution in [0.15, 0.2) is 33.4 Å². The van der Waals surface area contributed by atoms with Gasteiger partial charge < -0.3 is 18.8 Å². The van der Waals surface area contributed by atoms with Crippen LogP contribution in [-0.2, 0) is 11.3 Å². The molecule has 20 heavy (non-hydrogen) atoms. The quantitative estimate of drug-likeness (QED) is 0.914. The van der Waals surface area contributed by atoms with Gasteiger partial charge in [-0.25, -0.2) is 0 Å². The zero-order valence-corrected chi connectivity index (χ0v) is 11.4. The van der Waals surface area contributed by atoms with Crippen LogP contribution >= 0.6 is 0 Å². The van der Waals surface area contributed by atoms with Gasteiger partial charge in [-0.15, -0.1) is 0 Å². The van der Waals surface area contributed by atoms with Crippen molar-refractivity contribution < 1.29 is 18.8 Å². The third-order valence-electron chi connectivity index (χ3n) is 3.31. The van der Waals surface area contributed by atoms with Gasteiger partial charge in [0.05, 0.1) is 30.8 Å². The number of hydrogen-bond donors (Lipinski definition) is 1. The van der Waals surface area contributed by atoms with Crippen LogP contribution in [0.5, 0.6) is 0 Å². The SMILES string of the molecule is CC1CN(Cc2cc(-c3ccco3)on2)CC(CO)O1. The molecular formula is C14H18N2O4. The topological polar surface area (TPSA) is 71.9 Å². The van der Waals surface area contributed by atoms with Gasteiger partial charge >= 0.3 is 0 Å². The van der Waals surface area contributed by atoms with Crippen LogP contribution in [0.4, 0.5) is 0 Å². The second-order valence-electron chi connectivity index (χ2n) is 5.11. The molecule has 1 aliphatic rings. The standard InChI is InChI=1S/C14H18N2O4/c1-10-6-16(8-12(9-17)19-10)7-11-5-14(20-15-11)13-3-2-4-18-13/h2-5,10,12,17H,6-9H2,1H3. The first-order valence-electron chi connectivity index (χ1n) is 6.72. The second kappa shape index (κ2) is 5.78. The van der Waals surface area contributed by atoms with E-state index in [1.165, 1.54) is 0 Å². The summed E-state index contributed by atoms with van der Waals surface area (Å²) in [5.74, 6) is 1.30. The molecular weight excluding hydrogens is 260 g/mol. The van der Waals surface area contributed by atoms with Crippen molar-refractivity contribution >= 4 is 0 Å². The number of aromatic nitrogens is 1. The molecule has 0 amide bonds. The van der Waals surface area contributed by atoms with Gasteiger partial charge in [0.2, 0.25) is 5.76 Å². The molecule has 1 aliphatic heterocycles. The highest BCUT2D eigenvalue weighted by molar-refractivity contribution is 5.49. The summed E-state index contributed by atoms with van der Waals surface area (Å²) in [5, 5.41) is 13.3. The summed E-state index contributed by atoms with van der Waals surface area (Å²) >= 11 is 0. The van der Waals surface area contributed by atoms with Crippen molar-refractivity contribution in [2.75, 3.05) is 19.7 Å². The van der Waals surface area contributed by atoms with E-state index in [2.05, 4.69) is 10.1 Å². The number of nitrogens with zero attached hydrogens (tertiary/aromatic N) is 2. The average molecular weight is 278 g/mol. The fourth-order valence-electron chi connectivity index (χ4n) is 2.52. The molecule has 2 aromatic heterocycles. The Bertz CT molecular complexity index is 537. The zero-order chi connectivity index (χ0) is 13.9. The summed E-state index contributed by atoms with van der Waals surface area (Å²) in [7, 11) is 0. The molecule has 0 radical (unpaired) electrons. The van der Waals surface area contributed by atoms with Crippen LogP contribution in [-0.4, -0.2) is 47.1 Å². The highest BCUT2D eigenvalue weighted by atomic mass is 16.5. The van der Waals surface area contributed by atoms with Gasteiger partial charge in [0.1, 0.15) is 0 Å². The zero-order valence-electron chi connectivity index (χ0n) is 11.4. The molecule has 1 fully saturated rings. The van der Waals surface area contributed by atoms with Crippen molar-refractivity contribution in [2.24, 2.45) is 0 Å². The van der Waals surface area contributed by atoms with Crippen LogP contribution < -0.4 is 0 Å². The van der Waals surface area contributed by atoms with E-state index in [0.717, 1.165) is 12.2 Å². The molecule has 1 N–H and O–H groups in total. The first kappa shape index (κ1) is 13.4. The number of furan rings is 1. The molecule has 0 bridgehead atoms. The van der Waals surface area contributed by atoms with E-state index in [-0.39, 0.29) is 18.8 Å². The number of aliphatic hydroxyl groups excluding tert-OH is 1. The maximum Gasteiger partial charge on any atom is 0.202 e. The normalized spacial score (nSPS) is 24.1. The van der Waals surface area contributed by atoms with Gasteiger partial charge in [0.15, 0.2) is 5.76 Å². The molecule has 3 heterocycles. The van der Waals surface area contributed by atoms with Crippen LogP contribution in [0.3, 0.4) is 0 Å². The van der Waals surface area contributed by atoms with Crippen molar-refractivity contribution in [3.05, 3.63) is 30.2 Å². The summed E-state index contributed by atoms with van der Waals surface area (Å²) in [6.45, 7) is 4.24. The van der Waals surface area contributed by atoms with Crippen molar-refractivity contribution in [3.63, 3.8) is 0 Å². The molecule has 0 saturated carbocycles. The third-order valence-corrected chi connectivity index (χ3v) is 3.31. The maximum atomic E-state index is 9.22. The minimum Gasteiger partial charge on any atom is -0.461 e. The van der Waals surface area contributed by atoms with E-state index in [1.54, 1.807) is 6.26 Å². The smallest absolute Gasteiger partial charge is 0.202 e. The van der Waals surface area contributed by atoms with Gasteiger partial charge in [-0.2, -0.15) is 0 Å². The number of hydrogen-bond acceptors (Lipinski definition) is 6. The fraction of sp³-hybridized carbons (Fsp3) is 0.500. The van der Waals surface area contributed by atoms with E-state index in [1.807, 2.05) is 25.1 Å². The van der Waals surface area contributed by atoms with E-state index >= 15 is 0 Å². The van der Waals surface area contributed by atoms with Crippen molar-refractivity contribution in [1.29, 1.82) is 0 Å². The number of ether oxygens (including phenoxy) is 1. The second-order valence-corrected chi connectivity index (χ2v) is 5.11. The first-order chi connectivity index (χ1) is 9.74. The molecule has 0 spiro atoms. The lowest BCUT2D eigenvalue weighted by Gasteiger charge is -2.35. The highest BCUT2D eigenvalue weighted by Gasteiger charge is 2.25. The molecule has 108 valence electrons. The van der Waals surface area contributed by atoms with Crippen molar-refractivity contribution in [2.45, 2.75) is 25.7 Å². The molecule has 2 unspecified atom stereocenters. The Morgan fingerprint density at radius 2 is 2.30 bits per heavy atom. The molecule has 0 aromatic carbocycles. The Morgan fingerprint density at radius 3 is 3.05 bits per heavy atom. The lowest BCUT2D eigenvalue weighted by atomic mass is 10.2. The number of rotatable bonds is 4. The predicted molar refractivity (Wildman–Crippen MR) is 70.9 cm³/mol. The maximum absolute atomic E-state index is 9.22. The highest BCUT2D eigenvalue weighted by Crippen LogP contribution is 2.22. The van der Waals surface area contributed by atoms with E-state index in [9.17, 15) is 5.11 Å². The summed E-state index contributed by atoms with van der Waals surface area (Å²) in [6.07, 6.45) is 1.58. The minimum absolute atomic E-state index is 0.0390. The monoisotopic (exact) mass is 278 g/mol. The summed E-state index contributed by atoms with van der Waals surface area (Å²) in [5.41, 5.74) is 0.849. The van der Waals surface area contributed by atoms with Gasteiger partial charge in [-0.3, -0.25) is 4.90 Å². The Morgan fingerprint density at radius 1 is 1.40 bits per heavy atom. The minimum atomic E-state index is -0.129. The summed E-state index contributed by atoms with van der Waals surface area (Å²) in [6, 6.07) is 5.53. The Labute approximate surface area is 116 Å². The largest absolute Gasteiger partial charge is 0.461 e. The molecule has 2 aromatic rings. The lowest BCUT2D eigenvalue weighted by Crippen LogP contribution is -2.47. The van der Waals surface area contributed by atoms with Gasteiger partial charge in [-0.1, -0.05) is 5.16 Å². The Kier molecular flexibility index (Phi) is 3.86. The molecule has 2 atom stereocenters. The Hall–Kier alpha value is -1.63. The molecule has 1 saturated heterocycles. The fourth-order valence-corrected chi connectivity index (χ4v) is 2.52. The third kappa shape index (κ3) is 2.92. The molecule has 3 rings (SSSR count). The number of aliphatic hydroxyl groups is 1. The van der Waals surface area contributed by atoms with Crippen LogP contribution in [0.2, 0.25) is 0 Å². The van der Waals surface area contributed by atoms with E-state index < -0.39 is 0 Å². The van der Waals surface area contributed by atoms with Crippen LogP contribution in [0.1, 0.15) is 12.6 Å². The molecule has 6 nitrogen and oxygen atoms in total. The lowest BCUT2D eigenvalue weighted by molar-refractivity contribution is -0.0976. The van der Waals surface area contributed by atoms with Gasteiger partial charge in [-0.05, 0) is 19.1 Å². The summed E-state index contributed by atoms with van der Waals surface area (Å²) in [4.78, 5) is 2.21. The van der Waals surface area contributed by atoms with Crippen molar-refractivity contribution in [1.82, 2.24) is 10.1 Å². The first-order valence-corrected chi connectivity index (χ1v) is 6.72. The van der Waals surface area contributed by atoms with E-state index in [4.69, 9.17) is 13.7 Å². The van der Waals surface area contributed by atoms with Gasteiger partial charge in [0.25, 0.3) is 0 Å².